The van der Waals surface area contributed by atoms with Gasteiger partial charge in [-0.25, -0.2) is 9.59 Å². The van der Waals surface area contributed by atoms with E-state index in [4.69, 9.17) is 5.11 Å². The summed E-state index contributed by atoms with van der Waals surface area (Å²) < 4.78 is 0. The van der Waals surface area contributed by atoms with Crippen molar-refractivity contribution >= 4 is 29.4 Å². The number of thioether (sulfide) groups is 1. The third-order valence-electron chi connectivity index (χ3n) is 3.27. The molecule has 6 heteroatoms. The molecular weight excluding hydrogens is 276 g/mol. The van der Waals surface area contributed by atoms with Crippen LogP contribution in [0.5, 0.6) is 0 Å². The summed E-state index contributed by atoms with van der Waals surface area (Å²) in [5.41, 5.74) is 1.49. The quantitative estimate of drug-likeness (QED) is 0.801. The van der Waals surface area contributed by atoms with Crippen molar-refractivity contribution in [3.05, 3.63) is 29.3 Å². The second-order valence-electron chi connectivity index (χ2n) is 4.82. The van der Waals surface area contributed by atoms with Crippen molar-refractivity contribution in [2.24, 2.45) is 0 Å². The minimum atomic E-state index is -0.960. The fourth-order valence-electron chi connectivity index (χ4n) is 2.18. The van der Waals surface area contributed by atoms with E-state index in [2.05, 4.69) is 10.6 Å². The monoisotopic (exact) mass is 294 g/mol. The highest BCUT2D eigenvalue weighted by atomic mass is 32.2. The second kappa shape index (κ2) is 6.65. The van der Waals surface area contributed by atoms with Crippen molar-refractivity contribution in [3.63, 3.8) is 0 Å². The number of carbonyl (C=O) groups excluding carboxylic acids is 1. The van der Waals surface area contributed by atoms with Crippen LogP contribution >= 0.6 is 11.8 Å². The predicted octanol–water partition coefficient (Wildman–Crippen LogP) is 2.71. The van der Waals surface area contributed by atoms with Gasteiger partial charge in [-0.1, -0.05) is 0 Å². The first kappa shape index (κ1) is 14.7. The molecule has 1 aliphatic heterocycles. The summed E-state index contributed by atoms with van der Waals surface area (Å²) in [5.74, 6) is 1.20. The molecule has 0 unspecified atom stereocenters. The number of anilines is 1. The summed E-state index contributed by atoms with van der Waals surface area (Å²) in [6.07, 6.45) is 1.99. The maximum atomic E-state index is 11.9. The van der Waals surface area contributed by atoms with Gasteiger partial charge in [0, 0.05) is 11.7 Å². The average Bonchev–Trinajstić information content (AvgIpc) is 2.39. The average molecular weight is 294 g/mol. The molecule has 108 valence electrons. The van der Waals surface area contributed by atoms with Gasteiger partial charge >= 0.3 is 12.0 Å². The van der Waals surface area contributed by atoms with Gasteiger partial charge < -0.3 is 15.7 Å². The molecule has 0 spiro atoms. The number of urea groups is 1. The fourth-order valence-corrected chi connectivity index (χ4v) is 3.28. The van der Waals surface area contributed by atoms with Crippen LogP contribution in [0.3, 0.4) is 0 Å². The van der Waals surface area contributed by atoms with Crippen LogP contribution in [0.2, 0.25) is 0 Å². The maximum absolute atomic E-state index is 11.9. The standard InChI is InChI=1S/C14H18N2O3S/c1-9-8-11(2-3-12(9)13(17)18)16-14(19)15-10-4-6-20-7-5-10/h2-3,8,10H,4-7H2,1H3,(H,17,18)(H2,15,16,19). The Bertz CT molecular complexity index is 513. The number of carboxylic acids is 1. The minimum absolute atomic E-state index is 0.232. The number of hydrogen-bond donors (Lipinski definition) is 3. The molecule has 2 rings (SSSR count). The number of benzene rings is 1. The Morgan fingerprint density at radius 1 is 1.30 bits per heavy atom. The van der Waals surface area contributed by atoms with Crippen molar-refractivity contribution in [2.75, 3.05) is 16.8 Å². The molecule has 0 atom stereocenters. The third-order valence-corrected chi connectivity index (χ3v) is 4.32. The number of amides is 2. The van der Waals surface area contributed by atoms with Gasteiger partial charge in [0.1, 0.15) is 0 Å². The SMILES string of the molecule is Cc1cc(NC(=O)NC2CCSCC2)ccc1C(=O)O. The Morgan fingerprint density at radius 3 is 2.60 bits per heavy atom. The maximum Gasteiger partial charge on any atom is 0.335 e. The summed E-state index contributed by atoms with van der Waals surface area (Å²) in [5, 5.41) is 14.6. The highest BCUT2D eigenvalue weighted by molar-refractivity contribution is 7.99. The van der Waals surface area contributed by atoms with Crippen molar-refractivity contribution in [2.45, 2.75) is 25.8 Å². The van der Waals surface area contributed by atoms with Crippen LogP contribution in [0.25, 0.3) is 0 Å². The second-order valence-corrected chi connectivity index (χ2v) is 6.04. The van der Waals surface area contributed by atoms with Crippen LogP contribution in [0.15, 0.2) is 18.2 Å². The number of aryl methyl sites for hydroxylation is 1. The molecule has 1 aromatic carbocycles. The Labute approximate surface area is 122 Å². The van der Waals surface area contributed by atoms with Crippen molar-refractivity contribution in [3.8, 4) is 0 Å². The third kappa shape index (κ3) is 3.90. The van der Waals surface area contributed by atoms with Crippen LogP contribution in [0.4, 0.5) is 10.5 Å². The Kier molecular flexibility index (Phi) is 4.89. The van der Waals surface area contributed by atoms with E-state index in [1.54, 1.807) is 19.1 Å². The Balaban J connectivity index is 1.93. The minimum Gasteiger partial charge on any atom is -0.478 e. The van der Waals surface area contributed by atoms with E-state index in [9.17, 15) is 9.59 Å². The fraction of sp³-hybridized carbons (Fsp3) is 0.429. The molecule has 1 aliphatic rings. The highest BCUT2D eigenvalue weighted by Crippen LogP contribution is 2.18. The summed E-state index contributed by atoms with van der Waals surface area (Å²) >= 11 is 1.91. The van der Waals surface area contributed by atoms with Crippen LogP contribution < -0.4 is 10.6 Å². The van der Waals surface area contributed by atoms with E-state index in [0.717, 1.165) is 24.3 Å². The summed E-state index contributed by atoms with van der Waals surface area (Å²) in [7, 11) is 0. The molecule has 0 bridgehead atoms. The van der Waals surface area contributed by atoms with E-state index < -0.39 is 5.97 Å². The van der Waals surface area contributed by atoms with Crippen molar-refractivity contribution in [1.82, 2.24) is 5.32 Å². The van der Waals surface area contributed by atoms with Crippen molar-refractivity contribution in [1.29, 1.82) is 0 Å². The van der Waals surface area contributed by atoms with Crippen LogP contribution in [-0.2, 0) is 0 Å². The van der Waals surface area contributed by atoms with Crippen molar-refractivity contribution < 1.29 is 14.7 Å². The number of carbonyl (C=O) groups is 2. The van der Waals surface area contributed by atoms with E-state index in [0.29, 0.717) is 11.3 Å². The van der Waals surface area contributed by atoms with Crippen LogP contribution in [0, 0.1) is 6.92 Å². The number of carboxylic acid groups (broad SMARTS) is 1. The zero-order valence-electron chi connectivity index (χ0n) is 11.3. The summed E-state index contributed by atoms with van der Waals surface area (Å²) in [4.78, 5) is 22.8. The molecule has 0 saturated carbocycles. The molecule has 0 aliphatic carbocycles. The Morgan fingerprint density at radius 2 is 2.00 bits per heavy atom. The molecule has 1 aromatic rings. The smallest absolute Gasteiger partial charge is 0.335 e. The first-order chi connectivity index (χ1) is 9.56. The first-order valence-electron chi connectivity index (χ1n) is 6.55. The first-order valence-corrected chi connectivity index (χ1v) is 7.71. The normalized spacial score (nSPS) is 15.7. The lowest BCUT2D eigenvalue weighted by atomic mass is 10.1. The van der Waals surface area contributed by atoms with Gasteiger partial charge in [-0.2, -0.15) is 11.8 Å². The van der Waals surface area contributed by atoms with Gasteiger partial charge in [0.15, 0.2) is 0 Å². The largest absolute Gasteiger partial charge is 0.478 e. The molecule has 5 nitrogen and oxygen atoms in total. The van der Waals surface area contributed by atoms with Gasteiger partial charge in [0.2, 0.25) is 0 Å². The summed E-state index contributed by atoms with van der Waals surface area (Å²) in [6, 6.07) is 4.77. The van der Waals surface area contributed by atoms with Gasteiger partial charge in [0.05, 0.1) is 5.56 Å². The molecule has 1 saturated heterocycles. The van der Waals surface area contributed by atoms with E-state index in [1.807, 2.05) is 11.8 Å². The van der Waals surface area contributed by atoms with Gasteiger partial charge in [-0.05, 0) is 55.0 Å². The number of rotatable bonds is 3. The molecule has 1 heterocycles. The van der Waals surface area contributed by atoms with Crippen LogP contribution in [0.1, 0.15) is 28.8 Å². The number of aromatic carboxylic acids is 1. The lowest BCUT2D eigenvalue weighted by Crippen LogP contribution is -2.39. The van der Waals surface area contributed by atoms with Gasteiger partial charge in [-0.3, -0.25) is 0 Å². The molecule has 1 fully saturated rings. The molecule has 2 amide bonds. The van der Waals surface area contributed by atoms with Crippen LogP contribution in [-0.4, -0.2) is 34.7 Å². The molecule has 0 aromatic heterocycles. The number of hydrogen-bond acceptors (Lipinski definition) is 3. The predicted molar refractivity (Wildman–Crippen MR) is 80.6 cm³/mol. The summed E-state index contributed by atoms with van der Waals surface area (Å²) in [6.45, 7) is 1.71. The lowest BCUT2D eigenvalue weighted by molar-refractivity contribution is 0.0696. The molecule has 20 heavy (non-hydrogen) atoms. The lowest BCUT2D eigenvalue weighted by Gasteiger charge is -2.22. The zero-order chi connectivity index (χ0) is 14.5. The van der Waals surface area contributed by atoms with Gasteiger partial charge in [0.25, 0.3) is 0 Å². The van der Waals surface area contributed by atoms with E-state index >= 15 is 0 Å². The highest BCUT2D eigenvalue weighted by Gasteiger charge is 2.16. The number of nitrogens with one attached hydrogen (secondary N) is 2. The zero-order valence-corrected chi connectivity index (χ0v) is 12.1. The van der Waals surface area contributed by atoms with E-state index in [1.165, 1.54) is 6.07 Å². The Hall–Kier alpha value is -1.69. The van der Waals surface area contributed by atoms with E-state index in [-0.39, 0.29) is 17.6 Å². The molecule has 0 radical (unpaired) electrons. The van der Waals surface area contributed by atoms with Gasteiger partial charge in [-0.15, -0.1) is 0 Å². The molecule has 3 N–H and O–H groups in total. The topological polar surface area (TPSA) is 78.4 Å². The molecular formula is C14H18N2O3S.